The molecule has 1 aromatic rings. The summed E-state index contributed by atoms with van der Waals surface area (Å²) in [6.07, 6.45) is 0.200. The van der Waals surface area contributed by atoms with E-state index in [9.17, 15) is 14.4 Å². The molecule has 0 bridgehead atoms. The summed E-state index contributed by atoms with van der Waals surface area (Å²) in [5.74, 6) is -1.54. The fourth-order valence-electron chi connectivity index (χ4n) is 1.92. The second kappa shape index (κ2) is 4.26. The van der Waals surface area contributed by atoms with Crippen LogP contribution in [0.2, 0.25) is 0 Å². The van der Waals surface area contributed by atoms with Crippen LogP contribution in [0.3, 0.4) is 0 Å². The van der Waals surface area contributed by atoms with Crippen molar-refractivity contribution in [3.8, 4) is 0 Å². The zero-order valence-electron chi connectivity index (χ0n) is 9.55. The number of likely N-dealkylation sites (tertiary alicyclic amines) is 1. The summed E-state index contributed by atoms with van der Waals surface area (Å²) in [5.41, 5.74) is 4.03. The van der Waals surface area contributed by atoms with Gasteiger partial charge in [-0.25, -0.2) is 0 Å². The molecule has 0 spiro atoms. The Morgan fingerprint density at radius 2 is 2.17 bits per heavy atom. The number of carboxylic acids is 1. The van der Waals surface area contributed by atoms with Crippen molar-refractivity contribution in [1.29, 1.82) is 0 Å². The number of amides is 1. The largest absolute Gasteiger partial charge is 0.480 e. The molecule has 1 saturated heterocycles. The highest BCUT2D eigenvalue weighted by molar-refractivity contribution is 5.93. The third kappa shape index (κ3) is 2.12. The van der Waals surface area contributed by atoms with Crippen molar-refractivity contribution in [3.05, 3.63) is 34.2 Å². The highest BCUT2D eigenvalue weighted by Crippen LogP contribution is 2.20. The van der Waals surface area contributed by atoms with E-state index in [1.54, 1.807) is 0 Å². The maximum atomic E-state index is 12.0. The topological polar surface area (TPSA) is 116 Å². The van der Waals surface area contributed by atoms with Crippen molar-refractivity contribution >= 4 is 11.9 Å². The minimum Gasteiger partial charge on any atom is -0.480 e. The molecule has 1 aromatic heterocycles. The maximum Gasteiger partial charge on any atom is 0.325 e. The Morgan fingerprint density at radius 3 is 2.72 bits per heavy atom. The molecule has 2 rings (SSSR count). The molecule has 2 heterocycles. The Labute approximate surface area is 102 Å². The number of nitrogens with one attached hydrogen (secondary N) is 1. The van der Waals surface area contributed by atoms with Crippen molar-refractivity contribution in [2.75, 3.05) is 13.1 Å². The first-order valence-corrected chi connectivity index (χ1v) is 5.43. The van der Waals surface area contributed by atoms with Crippen LogP contribution in [-0.4, -0.2) is 45.5 Å². The smallest absolute Gasteiger partial charge is 0.325 e. The Balaban J connectivity index is 2.18. The quantitative estimate of drug-likeness (QED) is 0.623. The minimum atomic E-state index is -1.40. The molecule has 7 heteroatoms. The van der Waals surface area contributed by atoms with E-state index in [2.05, 4.69) is 4.98 Å². The number of aliphatic carboxylic acids is 1. The van der Waals surface area contributed by atoms with E-state index in [-0.39, 0.29) is 30.8 Å². The highest BCUT2D eigenvalue weighted by Gasteiger charge is 2.43. The molecule has 7 nitrogen and oxygen atoms in total. The molecule has 0 saturated carbocycles. The number of rotatable bonds is 2. The standard InChI is InChI=1S/C11H13N3O4/c12-11(10(17)18)4-5-14(6-11)9(16)7-2-1-3-8(15)13-7/h1-3H,4-6,12H2,(H,13,15)(H,17,18). The molecule has 96 valence electrons. The molecule has 0 aromatic carbocycles. The first kappa shape index (κ1) is 12.3. The van der Waals surface area contributed by atoms with Gasteiger partial charge < -0.3 is 20.7 Å². The molecule has 1 amide bonds. The van der Waals surface area contributed by atoms with Gasteiger partial charge in [-0.1, -0.05) is 6.07 Å². The first-order chi connectivity index (χ1) is 8.42. The van der Waals surface area contributed by atoms with Crippen molar-refractivity contribution in [2.24, 2.45) is 5.73 Å². The number of pyridine rings is 1. The number of aromatic amines is 1. The summed E-state index contributed by atoms with van der Waals surface area (Å²) in [6.45, 7) is 0.205. The van der Waals surface area contributed by atoms with E-state index in [0.29, 0.717) is 0 Å². The highest BCUT2D eigenvalue weighted by atomic mass is 16.4. The number of aromatic nitrogens is 1. The number of hydrogen-bond acceptors (Lipinski definition) is 4. The summed E-state index contributed by atoms with van der Waals surface area (Å²) >= 11 is 0. The predicted octanol–water partition coefficient (Wildman–Crippen LogP) is -0.997. The zero-order valence-corrected chi connectivity index (χ0v) is 9.55. The summed E-state index contributed by atoms with van der Waals surface area (Å²) < 4.78 is 0. The number of carboxylic acid groups (broad SMARTS) is 1. The Morgan fingerprint density at radius 1 is 1.44 bits per heavy atom. The summed E-state index contributed by atoms with van der Waals surface area (Å²) in [6, 6.07) is 4.24. The number of H-pyrrole nitrogens is 1. The van der Waals surface area contributed by atoms with E-state index >= 15 is 0 Å². The van der Waals surface area contributed by atoms with Crippen LogP contribution in [0, 0.1) is 0 Å². The molecule has 1 atom stereocenters. The average Bonchev–Trinajstić information content (AvgIpc) is 2.72. The second-order valence-electron chi connectivity index (χ2n) is 4.37. The molecular weight excluding hydrogens is 238 g/mol. The van der Waals surface area contributed by atoms with Crippen LogP contribution in [0.15, 0.2) is 23.0 Å². The van der Waals surface area contributed by atoms with Crippen molar-refractivity contribution in [3.63, 3.8) is 0 Å². The number of nitrogens with two attached hydrogens (primary N) is 1. The molecule has 1 aliphatic rings. The molecule has 0 aliphatic carbocycles. The fourth-order valence-corrected chi connectivity index (χ4v) is 1.92. The van der Waals surface area contributed by atoms with E-state index in [4.69, 9.17) is 10.8 Å². The van der Waals surface area contributed by atoms with Crippen molar-refractivity contribution in [1.82, 2.24) is 9.88 Å². The van der Waals surface area contributed by atoms with Gasteiger partial charge in [-0.05, 0) is 12.5 Å². The van der Waals surface area contributed by atoms with Crippen molar-refractivity contribution < 1.29 is 14.7 Å². The third-order valence-electron chi connectivity index (χ3n) is 3.01. The van der Waals surface area contributed by atoms with E-state index in [1.165, 1.54) is 23.1 Å². The van der Waals surface area contributed by atoms with Crippen LogP contribution < -0.4 is 11.3 Å². The average molecular weight is 251 g/mol. The monoisotopic (exact) mass is 251 g/mol. The van der Waals surface area contributed by atoms with Gasteiger partial charge in [-0.3, -0.25) is 14.4 Å². The van der Waals surface area contributed by atoms with Crippen LogP contribution in [0.5, 0.6) is 0 Å². The minimum absolute atomic E-state index is 0.0574. The third-order valence-corrected chi connectivity index (χ3v) is 3.01. The lowest BCUT2D eigenvalue weighted by molar-refractivity contribution is -0.142. The molecule has 4 N–H and O–H groups in total. The van der Waals surface area contributed by atoms with Gasteiger partial charge >= 0.3 is 5.97 Å². The first-order valence-electron chi connectivity index (χ1n) is 5.43. The van der Waals surface area contributed by atoms with Gasteiger partial charge in [-0.2, -0.15) is 0 Å². The number of carbonyl (C=O) groups is 2. The van der Waals surface area contributed by atoms with Gasteiger partial charge in [0.05, 0.1) is 0 Å². The van der Waals surface area contributed by atoms with E-state index < -0.39 is 17.4 Å². The predicted molar refractivity (Wildman–Crippen MR) is 62.1 cm³/mol. The summed E-state index contributed by atoms with van der Waals surface area (Å²) in [5, 5.41) is 8.97. The maximum absolute atomic E-state index is 12.0. The van der Waals surface area contributed by atoms with Gasteiger partial charge in [-0.15, -0.1) is 0 Å². The van der Waals surface area contributed by atoms with E-state index in [1.807, 2.05) is 0 Å². The van der Waals surface area contributed by atoms with Gasteiger partial charge in [0.2, 0.25) is 5.56 Å². The van der Waals surface area contributed by atoms with E-state index in [0.717, 1.165) is 0 Å². The van der Waals surface area contributed by atoms with Gasteiger partial charge in [0.25, 0.3) is 5.91 Å². The Hall–Kier alpha value is -2.15. The summed E-state index contributed by atoms with van der Waals surface area (Å²) in [7, 11) is 0. The van der Waals surface area contributed by atoms with Gasteiger partial charge in [0.15, 0.2) is 0 Å². The Bertz CT molecular complexity index is 553. The molecule has 18 heavy (non-hydrogen) atoms. The fraction of sp³-hybridized carbons (Fsp3) is 0.364. The molecule has 1 fully saturated rings. The molecule has 0 radical (unpaired) electrons. The second-order valence-corrected chi connectivity index (χ2v) is 4.37. The lowest BCUT2D eigenvalue weighted by atomic mass is 10.0. The van der Waals surface area contributed by atoms with Crippen molar-refractivity contribution in [2.45, 2.75) is 12.0 Å². The van der Waals surface area contributed by atoms with Crippen LogP contribution >= 0.6 is 0 Å². The zero-order chi connectivity index (χ0) is 13.3. The summed E-state index contributed by atoms with van der Waals surface area (Å²) in [4.78, 5) is 37.8. The lowest BCUT2D eigenvalue weighted by Gasteiger charge is -2.19. The Kier molecular flexibility index (Phi) is 2.92. The number of carbonyl (C=O) groups excluding carboxylic acids is 1. The van der Waals surface area contributed by atoms with Gasteiger partial charge in [0.1, 0.15) is 11.2 Å². The molecule has 1 aliphatic heterocycles. The van der Waals surface area contributed by atoms with Gasteiger partial charge in [0, 0.05) is 19.2 Å². The van der Waals surface area contributed by atoms with Crippen LogP contribution in [0.4, 0.5) is 0 Å². The normalized spacial score (nSPS) is 23.1. The lowest BCUT2D eigenvalue weighted by Crippen LogP contribution is -2.50. The van der Waals surface area contributed by atoms with Crippen LogP contribution in [0.1, 0.15) is 16.9 Å². The SMILES string of the molecule is NC1(C(=O)O)CCN(C(=O)c2cccc(=O)[nH]2)C1. The molecule has 1 unspecified atom stereocenters. The van der Waals surface area contributed by atoms with Crippen LogP contribution in [0.25, 0.3) is 0 Å². The number of hydrogen-bond donors (Lipinski definition) is 3. The number of nitrogens with zero attached hydrogens (tertiary/aromatic N) is 1. The molecular formula is C11H13N3O4. The van der Waals surface area contributed by atoms with Crippen LogP contribution in [-0.2, 0) is 4.79 Å².